The number of aryl methyl sites for hydroxylation is 1. The number of methoxy groups -OCH3 is 1. The number of rotatable bonds is 5. The third-order valence-corrected chi connectivity index (χ3v) is 6.12. The fraction of sp³-hybridized carbons (Fsp3) is 0.217. The third-order valence-electron chi connectivity index (χ3n) is 5.00. The van der Waals surface area contributed by atoms with Gasteiger partial charge in [0.2, 0.25) is 5.91 Å². The van der Waals surface area contributed by atoms with Crippen molar-refractivity contribution in [2.45, 2.75) is 24.9 Å². The Morgan fingerprint density at radius 1 is 1.13 bits per heavy atom. The van der Waals surface area contributed by atoms with Gasteiger partial charge in [-0.15, -0.1) is 0 Å². The highest BCUT2D eigenvalue weighted by Gasteiger charge is 2.43. The van der Waals surface area contributed by atoms with E-state index in [2.05, 4.69) is 10.7 Å². The number of benzene rings is 2. The number of nitrogens with one attached hydrogen (secondary N) is 2. The van der Waals surface area contributed by atoms with E-state index in [0.29, 0.717) is 11.3 Å². The predicted molar refractivity (Wildman–Crippen MR) is 118 cm³/mol. The number of hydrazine groups is 1. The number of amides is 2. The normalized spacial score (nSPS) is 22.5. The largest absolute Gasteiger partial charge is 0.496 e. The first-order valence-electron chi connectivity index (χ1n) is 9.69. The van der Waals surface area contributed by atoms with Gasteiger partial charge in [-0.05, 0) is 31.1 Å². The number of allylic oxidation sites excluding steroid dienone is 2. The monoisotopic (exact) mass is 421 g/mol. The maximum atomic E-state index is 12.8. The summed E-state index contributed by atoms with van der Waals surface area (Å²) in [5.41, 5.74) is 5.80. The molecule has 0 bridgehead atoms. The van der Waals surface area contributed by atoms with Crippen LogP contribution in [-0.2, 0) is 16.0 Å². The Kier molecular flexibility index (Phi) is 5.92. The van der Waals surface area contributed by atoms with Gasteiger partial charge in [0, 0.05) is 5.56 Å². The zero-order valence-electron chi connectivity index (χ0n) is 16.8. The summed E-state index contributed by atoms with van der Waals surface area (Å²) in [6, 6.07) is 15.2. The number of thioether (sulfide) groups is 1. The summed E-state index contributed by atoms with van der Waals surface area (Å²) in [6.07, 6.45) is 5.99. The summed E-state index contributed by atoms with van der Waals surface area (Å²) in [5.74, 6) is 0.509. The lowest BCUT2D eigenvalue weighted by Crippen LogP contribution is -2.65. The van der Waals surface area contributed by atoms with Crippen molar-refractivity contribution in [1.29, 1.82) is 0 Å². The highest BCUT2D eigenvalue weighted by molar-refractivity contribution is 8.05. The molecule has 2 aliphatic rings. The van der Waals surface area contributed by atoms with Gasteiger partial charge in [-0.3, -0.25) is 9.59 Å². The second-order valence-electron chi connectivity index (χ2n) is 7.16. The lowest BCUT2D eigenvalue weighted by molar-refractivity contribution is -0.139. The molecule has 6 nitrogen and oxygen atoms in total. The van der Waals surface area contributed by atoms with Crippen molar-refractivity contribution < 1.29 is 14.3 Å². The van der Waals surface area contributed by atoms with E-state index in [1.807, 2.05) is 67.6 Å². The van der Waals surface area contributed by atoms with E-state index >= 15 is 0 Å². The van der Waals surface area contributed by atoms with E-state index in [0.717, 1.165) is 16.9 Å². The van der Waals surface area contributed by atoms with Crippen molar-refractivity contribution in [3.05, 3.63) is 82.3 Å². The molecular formula is C23H23N3O3S. The van der Waals surface area contributed by atoms with Crippen LogP contribution in [0.2, 0.25) is 0 Å². The molecule has 0 saturated carbocycles. The molecule has 2 aromatic carbocycles. The summed E-state index contributed by atoms with van der Waals surface area (Å²) >= 11 is 1.32. The van der Waals surface area contributed by atoms with Gasteiger partial charge in [0.25, 0.3) is 5.91 Å². The zero-order chi connectivity index (χ0) is 21.1. The van der Waals surface area contributed by atoms with Crippen LogP contribution in [0.4, 0.5) is 0 Å². The Balaban J connectivity index is 1.45. The molecule has 0 radical (unpaired) electrons. The van der Waals surface area contributed by atoms with Crippen LogP contribution in [0, 0.1) is 6.92 Å². The van der Waals surface area contributed by atoms with E-state index < -0.39 is 11.5 Å². The third kappa shape index (κ3) is 4.27. The first-order chi connectivity index (χ1) is 14.5. The van der Waals surface area contributed by atoms with Crippen molar-refractivity contribution >= 4 is 29.7 Å². The van der Waals surface area contributed by atoms with Gasteiger partial charge in [-0.2, -0.15) is 0 Å². The second kappa shape index (κ2) is 8.77. The number of hydrogen-bond donors (Lipinski definition) is 2. The lowest BCUT2D eigenvalue weighted by Gasteiger charge is -2.34. The van der Waals surface area contributed by atoms with E-state index in [9.17, 15) is 9.59 Å². The van der Waals surface area contributed by atoms with E-state index in [1.165, 1.54) is 22.3 Å². The summed E-state index contributed by atoms with van der Waals surface area (Å²) in [6.45, 7) is 2.02. The molecule has 2 unspecified atom stereocenters. The number of para-hydroxylation sites is 1. The smallest absolute Gasteiger partial charge is 0.277 e. The van der Waals surface area contributed by atoms with Crippen LogP contribution in [0.25, 0.3) is 6.08 Å². The Morgan fingerprint density at radius 3 is 2.67 bits per heavy atom. The lowest BCUT2D eigenvalue weighted by atomic mass is 10.0. The maximum absolute atomic E-state index is 12.8. The highest BCUT2D eigenvalue weighted by Crippen LogP contribution is 2.34. The molecule has 30 heavy (non-hydrogen) atoms. The standard InChI is InChI=1S/C23H23N3O3S/c1-15-10-12-16(13-11-15)14-18-21(27)24-23-26(25-18)22(28)20(30-23)9-5-7-17-6-3-4-8-19(17)29-2/h3-13,18,23,25H,14H2,1-2H3,(H,24,27)/b7-5+,20-9+. The van der Waals surface area contributed by atoms with Gasteiger partial charge in [-0.1, -0.05) is 71.9 Å². The number of hydrogen-bond acceptors (Lipinski definition) is 5. The Morgan fingerprint density at radius 2 is 1.90 bits per heavy atom. The van der Waals surface area contributed by atoms with E-state index in [4.69, 9.17) is 4.74 Å². The molecule has 0 aromatic heterocycles. The van der Waals surface area contributed by atoms with Crippen molar-refractivity contribution in [3.8, 4) is 5.75 Å². The maximum Gasteiger partial charge on any atom is 0.277 e. The number of carbonyl (C=O) groups is 2. The Labute approximate surface area is 180 Å². The molecule has 7 heteroatoms. The van der Waals surface area contributed by atoms with Crippen LogP contribution in [0.15, 0.2) is 65.6 Å². The minimum Gasteiger partial charge on any atom is -0.496 e. The SMILES string of the molecule is COc1ccccc1/C=C/C=C1/SC2NC(=O)C(Cc3ccc(C)cc3)NN2C1=O. The Hall–Kier alpha value is -3.03. The molecule has 2 amide bonds. The van der Waals surface area contributed by atoms with Crippen LogP contribution < -0.4 is 15.5 Å². The highest BCUT2D eigenvalue weighted by atomic mass is 32.2. The summed E-state index contributed by atoms with van der Waals surface area (Å²) in [5, 5.41) is 4.44. The molecule has 2 fully saturated rings. The van der Waals surface area contributed by atoms with Gasteiger partial charge < -0.3 is 10.1 Å². The first kappa shape index (κ1) is 20.3. The average Bonchev–Trinajstić information content (AvgIpc) is 3.05. The molecular weight excluding hydrogens is 398 g/mol. The molecule has 2 saturated heterocycles. The van der Waals surface area contributed by atoms with Crippen LogP contribution in [-0.4, -0.2) is 35.5 Å². The van der Waals surface area contributed by atoms with Crippen LogP contribution in [0.5, 0.6) is 5.75 Å². The predicted octanol–water partition coefficient (Wildman–Crippen LogP) is 3.01. The molecule has 0 spiro atoms. The molecule has 2 aliphatic heterocycles. The quantitative estimate of drug-likeness (QED) is 0.727. The van der Waals surface area contributed by atoms with Crippen molar-refractivity contribution in [3.63, 3.8) is 0 Å². The molecule has 2 N–H and O–H groups in total. The topological polar surface area (TPSA) is 70.7 Å². The van der Waals surface area contributed by atoms with Crippen LogP contribution in [0.1, 0.15) is 16.7 Å². The van der Waals surface area contributed by atoms with Crippen molar-refractivity contribution in [2.24, 2.45) is 0 Å². The minimum absolute atomic E-state index is 0.108. The fourth-order valence-electron chi connectivity index (χ4n) is 3.37. The molecule has 2 aromatic rings. The number of nitrogens with zero attached hydrogens (tertiary/aromatic N) is 1. The molecule has 4 rings (SSSR count). The summed E-state index contributed by atoms with van der Waals surface area (Å²) in [4.78, 5) is 25.9. The number of fused-ring (bicyclic) bond motifs is 1. The molecule has 0 aliphatic carbocycles. The second-order valence-corrected chi connectivity index (χ2v) is 8.28. The van der Waals surface area contributed by atoms with Gasteiger partial charge in [0.05, 0.1) is 12.0 Å². The minimum atomic E-state index is -0.489. The zero-order valence-corrected chi connectivity index (χ0v) is 17.6. The number of carbonyl (C=O) groups excluding carboxylic acids is 2. The van der Waals surface area contributed by atoms with Gasteiger partial charge in [-0.25, -0.2) is 10.4 Å². The molecule has 2 atom stereocenters. The molecule has 2 heterocycles. The average molecular weight is 422 g/mol. The van der Waals surface area contributed by atoms with Crippen molar-refractivity contribution in [1.82, 2.24) is 15.8 Å². The first-order valence-corrected chi connectivity index (χ1v) is 10.6. The fourth-order valence-corrected chi connectivity index (χ4v) is 4.40. The summed E-state index contributed by atoms with van der Waals surface area (Å²) < 4.78 is 5.34. The van der Waals surface area contributed by atoms with Gasteiger partial charge in [0.1, 0.15) is 11.8 Å². The van der Waals surface area contributed by atoms with Gasteiger partial charge >= 0.3 is 0 Å². The molecule has 154 valence electrons. The number of ether oxygens (including phenoxy) is 1. The van der Waals surface area contributed by atoms with Gasteiger partial charge in [0.15, 0.2) is 5.50 Å². The van der Waals surface area contributed by atoms with E-state index in [-0.39, 0.29) is 11.8 Å². The van der Waals surface area contributed by atoms with Crippen LogP contribution in [0.3, 0.4) is 0 Å². The summed E-state index contributed by atoms with van der Waals surface area (Å²) in [7, 11) is 1.63. The Bertz CT molecular complexity index is 1020. The van der Waals surface area contributed by atoms with E-state index in [1.54, 1.807) is 13.2 Å². The van der Waals surface area contributed by atoms with Crippen LogP contribution >= 0.6 is 11.8 Å². The van der Waals surface area contributed by atoms with Crippen molar-refractivity contribution in [2.75, 3.05) is 7.11 Å².